The van der Waals surface area contributed by atoms with Crippen molar-refractivity contribution < 1.29 is 56.4 Å². The average Bonchev–Trinajstić information content (AvgIpc) is 0. The van der Waals surface area contributed by atoms with Crippen LogP contribution >= 0.6 is 0 Å². The molecule has 0 aromatic rings. The summed E-state index contributed by atoms with van der Waals surface area (Å²) in [5, 5.41) is 0. The number of hydrogen-bond acceptors (Lipinski definition) is 0. The van der Waals surface area contributed by atoms with Gasteiger partial charge in [-0.3, -0.25) is 0 Å². The molecule has 4 heteroatoms. The molecule has 0 aromatic carbocycles. The third-order valence-electron chi connectivity index (χ3n) is 0. The Kier molecular flexibility index (Phi) is 155. The molecule has 2 radical (unpaired) electrons. The minimum atomic E-state index is 0. The molecule has 28 valence electrons. The summed E-state index contributed by atoms with van der Waals surface area (Å²) in [4.78, 5) is 0. The van der Waals surface area contributed by atoms with E-state index in [1.54, 1.807) is 0 Å². The van der Waals surface area contributed by atoms with E-state index in [-0.39, 0.29) is 73.5 Å². The Morgan fingerprint density at radius 3 is 1.00 bits per heavy atom. The van der Waals surface area contributed by atoms with Crippen molar-refractivity contribution in [3.05, 3.63) is 0 Å². The predicted molar refractivity (Wildman–Crippen MR) is 8.54 cm³/mol. The molecule has 0 spiro atoms. The van der Waals surface area contributed by atoms with Crippen LogP contribution in [0.2, 0.25) is 0 Å². The normalized spacial score (nSPS) is 0. The van der Waals surface area contributed by atoms with Gasteiger partial charge in [-0.2, -0.15) is 0 Å². The number of rotatable bonds is 0. The molecule has 0 bridgehead atoms. The molecule has 0 saturated carbocycles. The Morgan fingerprint density at radius 1 is 1.00 bits per heavy atom. The average molecular weight is 287 g/mol. The molecule has 0 aliphatic heterocycles. The summed E-state index contributed by atoms with van der Waals surface area (Å²) in [6.45, 7) is 0. The van der Waals surface area contributed by atoms with Crippen molar-refractivity contribution in [2.45, 2.75) is 0 Å². The van der Waals surface area contributed by atoms with E-state index >= 15 is 0 Å². The molecule has 0 aromatic heterocycles. The van der Waals surface area contributed by atoms with Gasteiger partial charge in [0.2, 0.25) is 0 Å². The second kappa shape index (κ2) is 18.5. The molecular weight excluding hydrogens is 285 g/mol. The van der Waals surface area contributed by atoms with Crippen LogP contribution in [-0.4, -0.2) is 17.1 Å². The Balaban J connectivity index is 0. The molecule has 0 heterocycles. The van der Waals surface area contributed by atoms with Crippen LogP contribution in [0.3, 0.4) is 0 Å². The van der Waals surface area contributed by atoms with Gasteiger partial charge >= 0.3 is 17.1 Å². The molecule has 4 heavy (non-hydrogen) atoms. The van der Waals surface area contributed by atoms with Gasteiger partial charge in [0.25, 0.3) is 0 Å². The van der Waals surface area contributed by atoms with Gasteiger partial charge < -0.3 is 0 Å². The van der Waals surface area contributed by atoms with E-state index in [0.717, 1.165) is 0 Å². The van der Waals surface area contributed by atoms with Crippen LogP contribution in [0.1, 0.15) is 0 Å². The van der Waals surface area contributed by atoms with Crippen LogP contribution in [0.4, 0.5) is 0 Å². The first kappa shape index (κ1) is 33.5. The molecule has 0 aliphatic rings. The summed E-state index contributed by atoms with van der Waals surface area (Å²) in [6.07, 6.45) is 0. The first-order valence-electron chi connectivity index (χ1n) is 0. The van der Waals surface area contributed by atoms with Crippen molar-refractivity contribution in [3.8, 4) is 0 Å². The molecule has 0 atom stereocenters. The Labute approximate surface area is 72.7 Å². The third kappa shape index (κ3) is 8.85. The zero-order valence-electron chi connectivity index (χ0n) is 1.69. The minimum absolute atomic E-state index is 0. The standard InChI is InChI=1S/Co.Mo.H2Se.V/h;;1H2;. The summed E-state index contributed by atoms with van der Waals surface area (Å²) >= 11 is 0. The van der Waals surface area contributed by atoms with E-state index in [0.29, 0.717) is 0 Å². The predicted octanol–water partition coefficient (Wildman–Crippen LogP) is -0.924. The molecule has 0 amide bonds. The fourth-order valence-electron chi connectivity index (χ4n) is 0. The summed E-state index contributed by atoms with van der Waals surface area (Å²) in [5.41, 5.74) is 0. The zero-order valence-corrected chi connectivity index (χ0v) is 8.23. The first-order valence-corrected chi connectivity index (χ1v) is 0. The van der Waals surface area contributed by atoms with Crippen molar-refractivity contribution in [2.24, 2.45) is 0 Å². The van der Waals surface area contributed by atoms with Crippen LogP contribution in [0, 0.1) is 0 Å². The summed E-state index contributed by atoms with van der Waals surface area (Å²) in [6, 6.07) is 0. The maximum absolute atomic E-state index is 0. The van der Waals surface area contributed by atoms with Crippen molar-refractivity contribution >= 4 is 17.1 Å². The number of hydrogen-bond donors (Lipinski definition) is 0. The molecule has 0 nitrogen and oxygen atoms in total. The minimum Gasteiger partial charge on any atom is 0 e. The Hall–Kier alpha value is 2.30. The van der Waals surface area contributed by atoms with Gasteiger partial charge in [-0.05, 0) is 0 Å². The zero-order chi connectivity index (χ0) is 0. The molecular formula is H2CoMoSeV. The fourth-order valence-corrected chi connectivity index (χ4v) is 0. The summed E-state index contributed by atoms with van der Waals surface area (Å²) < 4.78 is 0. The van der Waals surface area contributed by atoms with E-state index in [1.165, 1.54) is 0 Å². The van der Waals surface area contributed by atoms with Crippen molar-refractivity contribution in [1.29, 1.82) is 0 Å². The Bertz CT molecular complexity index is 8.00. The van der Waals surface area contributed by atoms with Crippen LogP contribution in [0.5, 0.6) is 0 Å². The molecule has 0 saturated heterocycles. The van der Waals surface area contributed by atoms with Crippen molar-refractivity contribution in [3.63, 3.8) is 0 Å². The van der Waals surface area contributed by atoms with Crippen LogP contribution in [0.25, 0.3) is 0 Å². The van der Waals surface area contributed by atoms with E-state index in [4.69, 9.17) is 0 Å². The fraction of sp³-hybridized carbons (Fsp3) is 0. The summed E-state index contributed by atoms with van der Waals surface area (Å²) in [7, 11) is 0. The smallest absolute Gasteiger partial charge is 0 e. The largest absolute Gasteiger partial charge is 0 e. The van der Waals surface area contributed by atoms with Crippen molar-refractivity contribution in [2.75, 3.05) is 0 Å². The van der Waals surface area contributed by atoms with Crippen LogP contribution in [-0.2, 0) is 56.4 Å². The maximum atomic E-state index is 0. The summed E-state index contributed by atoms with van der Waals surface area (Å²) in [5.74, 6) is 0. The van der Waals surface area contributed by atoms with Crippen LogP contribution in [0.15, 0.2) is 0 Å². The molecule has 0 fully saturated rings. The van der Waals surface area contributed by atoms with E-state index in [1.807, 2.05) is 0 Å². The van der Waals surface area contributed by atoms with E-state index in [9.17, 15) is 0 Å². The Morgan fingerprint density at radius 2 is 1.00 bits per heavy atom. The topological polar surface area (TPSA) is 0 Å². The van der Waals surface area contributed by atoms with E-state index in [2.05, 4.69) is 0 Å². The van der Waals surface area contributed by atoms with Gasteiger partial charge in [-0.15, -0.1) is 0 Å². The third-order valence-corrected chi connectivity index (χ3v) is 0. The maximum Gasteiger partial charge on any atom is 0 e. The second-order valence-electron chi connectivity index (χ2n) is 0. The van der Waals surface area contributed by atoms with Gasteiger partial charge in [0.1, 0.15) is 0 Å². The molecule has 0 aliphatic carbocycles. The van der Waals surface area contributed by atoms with Gasteiger partial charge in [-0.1, -0.05) is 0 Å². The van der Waals surface area contributed by atoms with Gasteiger partial charge in [-0.25, -0.2) is 0 Å². The molecule has 0 unspecified atom stereocenters. The van der Waals surface area contributed by atoms with Gasteiger partial charge in [0, 0.05) is 56.4 Å². The van der Waals surface area contributed by atoms with E-state index < -0.39 is 0 Å². The van der Waals surface area contributed by atoms with Gasteiger partial charge in [0.15, 0.2) is 0 Å². The van der Waals surface area contributed by atoms with Crippen LogP contribution < -0.4 is 0 Å². The molecule has 0 N–H and O–H groups in total. The van der Waals surface area contributed by atoms with Crippen molar-refractivity contribution in [1.82, 2.24) is 0 Å². The molecule has 0 rings (SSSR count). The van der Waals surface area contributed by atoms with Gasteiger partial charge in [0.05, 0.1) is 0 Å². The quantitative estimate of drug-likeness (QED) is 0.505. The monoisotopic (exact) mass is 290 g/mol. The SMILES string of the molecule is [Co].[Mo].[SeH2].[V]. The second-order valence-corrected chi connectivity index (χ2v) is 0. The first-order chi connectivity index (χ1) is 0.